The second kappa shape index (κ2) is 4.49. The van der Waals surface area contributed by atoms with Crippen LogP contribution in [0.15, 0.2) is 10.9 Å². The summed E-state index contributed by atoms with van der Waals surface area (Å²) in [5.74, 6) is 1.80. The van der Waals surface area contributed by atoms with Crippen LogP contribution >= 0.6 is 0 Å². The molecular formula is C12H19N3O2. The van der Waals surface area contributed by atoms with Crippen LogP contribution in [0.1, 0.15) is 38.4 Å². The van der Waals surface area contributed by atoms with Crippen molar-refractivity contribution in [1.82, 2.24) is 9.97 Å². The molecule has 1 aromatic heterocycles. The molecule has 0 aromatic carbocycles. The minimum absolute atomic E-state index is 0.0959. The van der Waals surface area contributed by atoms with Gasteiger partial charge in [0, 0.05) is 30.6 Å². The van der Waals surface area contributed by atoms with Crippen molar-refractivity contribution in [3.8, 4) is 0 Å². The molecule has 1 aromatic rings. The third-order valence-electron chi connectivity index (χ3n) is 2.90. The highest BCUT2D eigenvalue weighted by molar-refractivity contribution is 5.34. The van der Waals surface area contributed by atoms with Crippen LogP contribution in [0.25, 0.3) is 0 Å². The molecule has 0 bridgehead atoms. The molecule has 1 heterocycles. The minimum Gasteiger partial charge on any atom is -0.396 e. The molecule has 1 fully saturated rings. The second-order valence-corrected chi connectivity index (χ2v) is 5.47. The van der Waals surface area contributed by atoms with Gasteiger partial charge in [0.1, 0.15) is 11.6 Å². The zero-order valence-corrected chi connectivity index (χ0v) is 10.3. The maximum absolute atomic E-state index is 11.5. The number of aromatic amines is 1. The summed E-state index contributed by atoms with van der Waals surface area (Å²) in [5.41, 5.74) is -0.337. The van der Waals surface area contributed by atoms with Crippen molar-refractivity contribution in [3.63, 3.8) is 0 Å². The van der Waals surface area contributed by atoms with Gasteiger partial charge >= 0.3 is 0 Å². The molecule has 0 radical (unpaired) electrons. The van der Waals surface area contributed by atoms with Gasteiger partial charge in [-0.1, -0.05) is 13.8 Å². The summed E-state index contributed by atoms with van der Waals surface area (Å²) in [4.78, 5) is 18.6. The molecule has 0 spiro atoms. The fourth-order valence-electron chi connectivity index (χ4n) is 1.50. The van der Waals surface area contributed by atoms with Crippen LogP contribution in [0.3, 0.4) is 0 Å². The number of aromatic nitrogens is 2. The van der Waals surface area contributed by atoms with E-state index in [1.54, 1.807) is 0 Å². The number of hydrogen-bond donors (Lipinski definition) is 3. The third-order valence-corrected chi connectivity index (χ3v) is 2.90. The molecule has 17 heavy (non-hydrogen) atoms. The quantitative estimate of drug-likeness (QED) is 0.716. The first-order valence-electron chi connectivity index (χ1n) is 5.96. The Kier molecular flexibility index (Phi) is 3.19. The molecule has 1 aliphatic rings. The molecule has 0 aliphatic heterocycles. The van der Waals surface area contributed by atoms with E-state index in [9.17, 15) is 4.79 Å². The maximum Gasteiger partial charge on any atom is 0.252 e. The number of hydrogen-bond acceptors (Lipinski definition) is 4. The summed E-state index contributed by atoms with van der Waals surface area (Å²) in [6, 6.07) is 1.46. The smallest absolute Gasteiger partial charge is 0.252 e. The number of aliphatic hydroxyl groups excluding tert-OH is 1. The summed E-state index contributed by atoms with van der Waals surface area (Å²) >= 11 is 0. The molecule has 2 rings (SSSR count). The predicted molar refractivity (Wildman–Crippen MR) is 66.2 cm³/mol. The van der Waals surface area contributed by atoms with Crippen molar-refractivity contribution >= 4 is 5.82 Å². The molecule has 94 valence electrons. The predicted octanol–water partition coefficient (Wildman–Crippen LogP) is 1.08. The Hall–Kier alpha value is -1.36. The van der Waals surface area contributed by atoms with Crippen LogP contribution in [-0.4, -0.2) is 28.2 Å². The van der Waals surface area contributed by atoms with Gasteiger partial charge in [-0.3, -0.25) is 4.79 Å². The van der Waals surface area contributed by atoms with Crippen molar-refractivity contribution in [2.75, 3.05) is 18.5 Å². The van der Waals surface area contributed by atoms with Crippen LogP contribution in [0, 0.1) is 5.41 Å². The van der Waals surface area contributed by atoms with Gasteiger partial charge in [-0.2, -0.15) is 0 Å². The van der Waals surface area contributed by atoms with Crippen LogP contribution in [-0.2, 0) is 0 Å². The Morgan fingerprint density at radius 2 is 2.29 bits per heavy atom. The van der Waals surface area contributed by atoms with Gasteiger partial charge in [0.05, 0.1) is 0 Å². The van der Waals surface area contributed by atoms with E-state index in [1.807, 2.05) is 13.8 Å². The fraction of sp³-hybridized carbons (Fsp3) is 0.667. The van der Waals surface area contributed by atoms with Gasteiger partial charge in [-0.05, 0) is 12.8 Å². The summed E-state index contributed by atoms with van der Waals surface area (Å²) in [5, 5.41) is 12.3. The Balaban J connectivity index is 2.07. The van der Waals surface area contributed by atoms with E-state index in [4.69, 9.17) is 5.11 Å². The highest BCUT2D eigenvalue weighted by atomic mass is 16.3. The lowest BCUT2D eigenvalue weighted by molar-refractivity contribution is 0.170. The highest BCUT2D eigenvalue weighted by Crippen LogP contribution is 2.37. The average molecular weight is 237 g/mol. The van der Waals surface area contributed by atoms with Gasteiger partial charge in [0.25, 0.3) is 5.56 Å². The Labute approximate surface area is 100 Å². The number of H-pyrrole nitrogens is 1. The van der Waals surface area contributed by atoms with Crippen LogP contribution in [0.2, 0.25) is 0 Å². The molecule has 0 amide bonds. The van der Waals surface area contributed by atoms with E-state index in [0.29, 0.717) is 18.3 Å². The molecule has 0 atom stereocenters. The van der Waals surface area contributed by atoms with Gasteiger partial charge in [0.2, 0.25) is 0 Å². The van der Waals surface area contributed by atoms with E-state index in [2.05, 4.69) is 15.3 Å². The van der Waals surface area contributed by atoms with Crippen molar-refractivity contribution in [2.24, 2.45) is 5.41 Å². The average Bonchev–Trinajstić information content (AvgIpc) is 3.10. The maximum atomic E-state index is 11.5. The van der Waals surface area contributed by atoms with Crippen LogP contribution in [0.4, 0.5) is 5.82 Å². The molecular weight excluding hydrogens is 218 g/mol. The van der Waals surface area contributed by atoms with Gasteiger partial charge < -0.3 is 15.4 Å². The van der Waals surface area contributed by atoms with Crippen LogP contribution in [0.5, 0.6) is 0 Å². The summed E-state index contributed by atoms with van der Waals surface area (Å²) in [6.07, 6.45) is 2.21. The zero-order chi connectivity index (χ0) is 12.5. The lowest BCUT2D eigenvalue weighted by atomic mass is 9.95. The second-order valence-electron chi connectivity index (χ2n) is 5.47. The fourth-order valence-corrected chi connectivity index (χ4v) is 1.50. The molecule has 0 saturated heterocycles. The highest BCUT2D eigenvalue weighted by Gasteiger charge is 2.26. The number of anilines is 1. The first-order valence-corrected chi connectivity index (χ1v) is 5.96. The summed E-state index contributed by atoms with van der Waals surface area (Å²) < 4.78 is 0. The van der Waals surface area contributed by atoms with Gasteiger partial charge in [-0.15, -0.1) is 0 Å². The van der Waals surface area contributed by atoms with Crippen molar-refractivity contribution < 1.29 is 5.11 Å². The van der Waals surface area contributed by atoms with E-state index in [1.165, 1.54) is 6.07 Å². The monoisotopic (exact) mass is 237 g/mol. The van der Waals surface area contributed by atoms with E-state index >= 15 is 0 Å². The number of nitrogens with zero attached hydrogens (tertiary/aromatic N) is 1. The van der Waals surface area contributed by atoms with Gasteiger partial charge in [0.15, 0.2) is 0 Å². The molecule has 0 unspecified atom stereocenters. The first-order chi connectivity index (χ1) is 8.00. The Bertz CT molecular complexity index is 449. The van der Waals surface area contributed by atoms with Gasteiger partial charge in [-0.25, -0.2) is 4.98 Å². The summed E-state index contributed by atoms with van der Waals surface area (Å²) in [7, 11) is 0. The number of rotatable bonds is 5. The molecule has 3 N–H and O–H groups in total. The number of nitrogens with one attached hydrogen (secondary N) is 2. The van der Waals surface area contributed by atoms with Crippen LogP contribution < -0.4 is 10.9 Å². The van der Waals surface area contributed by atoms with E-state index in [-0.39, 0.29) is 17.6 Å². The molecule has 1 aliphatic carbocycles. The van der Waals surface area contributed by atoms with Crippen molar-refractivity contribution in [1.29, 1.82) is 0 Å². The SMILES string of the molecule is CC(C)(CO)CNc1cc(=O)[nH]c(C2CC2)n1. The largest absolute Gasteiger partial charge is 0.396 e. The lowest BCUT2D eigenvalue weighted by Gasteiger charge is -2.22. The molecule has 5 nitrogen and oxygen atoms in total. The lowest BCUT2D eigenvalue weighted by Crippen LogP contribution is -2.27. The minimum atomic E-state index is -0.218. The zero-order valence-electron chi connectivity index (χ0n) is 10.3. The Morgan fingerprint density at radius 1 is 1.59 bits per heavy atom. The third kappa shape index (κ3) is 3.30. The Morgan fingerprint density at radius 3 is 2.88 bits per heavy atom. The number of aliphatic hydroxyl groups is 1. The van der Waals surface area contributed by atoms with Crippen molar-refractivity contribution in [2.45, 2.75) is 32.6 Å². The van der Waals surface area contributed by atoms with E-state index in [0.717, 1.165) is 18.7 Å². The topological polar surface area (TPSA) is 78.0 Å². The standard InChI is InChI=1S/C12H19N3O2/c1-12(2,7-16)6-13-9-5-10(17)15-11(14-9)8-3-4-8/h5,8,16H,3-4,6-7H2,1-2H3,(H2,13,14,15,17). The normalized spacial score (nSPS) is 15.9. The van der Waals surface area contributed by atoms with E-state index < -0.39 is 0 Å². The summed E-state index contributed by atoms with van der Waals surface area (Å²) in [6.45, 7) is 4.59. The molecule has 5 heteroatoms. The van der Waals surface area contributed by atoms with Crippen molar-refractivity contribution in [3.05, 3.63) is 22.2 Å². The molecule has 1 saturated carbocycles. The first kappa shape index (κ1) is 12.1.